The lowest BCUT2D eigenvalue weighted by Gasteiger charge is -2.09. The Morgan fingerprint density at radius 1 is 0.743 bits per heavy atom. The quantitative estimate of drug-likeness (QED) is 0.191. The fourth-order valence-electron chi connectivity index (χ4n) is 2.32. The number of aliphatic hydroxyl groups is 2. The van der Waals surface area contributed by atoms with E-state index in [4.69, 9.17) is 31.2 Å². The minimum atomic E-state index is -4.03. The van der Waals surface area contributed by atoms with Crippen molar-refractivity contribution in [1.82, 2.24) is 4.72 Å². The molecule has 0 unspecified atom stereocenters. The standard InChI is InChI=1S/C8H12N2O5S2.C7H8ClNO5S2.CH5N/c1-10-17(14,15)8-3-2-7(16(9,12)13)4-6(8)5-11;8-15(11,12)7-2-1-6(16(9,13)14)3-5(7)4-10;1-2/h2-4,10-11H,5H2,1H3,(H2,9,12,13);1-3,10H,4H2,(H2,9,13,14);2H2,1H3. The van der Waals surface area contributed by atoms with Gasteiger partial charge in [0.1, 0.15) is 0 Å². The number of hydrogen-bond donors (Lipinski definition) is 6. The summed E-state index contributed by atoms with van der Waals surface area (Å²) in [6.07, 6.45) is 0. The van der Waals surface area contributed by atoms with E-state index in [0.717, 1.165) is 36.4 Å². The molecule has 2 rings (SSSR count). The highest BCUT2D eigenvalue weighted by atomic mass is 35.7. The predicted molar refractivity (Wildman–Crippen MR) is 127 cm³/mol. The number of halogens is 1. The van der Waals surface area contributed by atoms with Crippen molar-refractivity contribution in [3.8, 4) is 0 Å². The molecule has 200 valence electrons. The molecule has 2 aromatic carbocycles. The number of rotatable bonds is 7. The number of benzene rings is 2. The van der Waals surface area contributed by atoms with Crippen LogP contribution in [0.3, 0.4) is 0 Å². The molecule has 0 saturated heterocycles. The monoisotopic (exact) mass is 596 g/mol. The number of primary sulfonamides is 2. The maximum Gasteiger partial charge on any atom is 0.261 e. The molecule has 35 heavy (non-hydrogen) atoms. The SMILES string of the molecule is CN.CNS(=O)(=O)c1ccc(S(N)(=O)=O)cc1CO.NS(=O)(=O)c1ccc(S(=O)(=O)Cl)c(CO)c1. The molecule has 0 aliphatic rings. The first-order valence-corrected chi connectivity index (χ1v) is 15.8. The summed E-state index contributed by atoms with van der Waals surface area (Å²) in [5.74, 6) is 0. The third-order valence-electron chi connectivity index (χ3n) is 3.88. The van der Waals surface area contributed by atoms with E-state index < -0.39 is 52.3 Å². The highest BCUT2D eigenvalue weighted by Crippen LogP contribution is 2.23. The fourth-order valence-corrected chi connectivity index (χ4v) is 5.51. The Morgan fingerprint density at radius 2 is 1.09 bits per heavy atom. The van der Waals surface area contributed by atoms with Crippen LogP contribution in [0.25, 0.3) is 0 Å². The first-order valence-electron chi connectivity index (χ1n) is 8.87. The Balaban J connectivity index is 0.000000618. The highest BCUT2D eigenvalue weighted by Gasteiger charge is 2.19. The van der Waals surface area contributed by atoms with Crippen molar-refractivity contribution in [3.05, 3.63) is 47.5 Å². The first-order chi connectivity index (χ1) is 15.9. The van der Waals surface area contributed by atoms with Gasteiger partial charge in [0, 0.05) is 10.7 Å². The molecule has 0 spiro atoms. The largest absolute Gasteiger partial charge is 0.392 e. The maximum absolute atomic E-state index is 11.5. The second-order valence-electron chi connectivity index (χ2n) is 6.09. The Labute approximate surface area is 208 Å². The Hall–Kier alpha value is -1.71. The van der Waals surface area contributed by atoms with Gasteiger partial charge in [0.15, 0.2) is 0 Å². The summed E-state index contributed by atoms with van der Waals surface area (Å²) in [4.78, 5) is -1.07. The number of aliphatic hydroxyl groups excluding tert-OH is 2. The van der Waals surface area contributed by atoms with Gasteiger partial charge in [-0.15, -0.1) is 0 Å². The minimum Gasteiger partial charge on any atom is -0.392 e. The summed E-state index contributed by atoms with van der Waals surface area (Å²) in [5.41, 5.74) is 4.34. The van der Waals surface area contributed by atoms with Gasteiger partial charge in [-0.2, -0.15) is 0 Å². The molecule has 0 bridgehead atoms. The van der Waals surface area contributed by atoms with Crippen LogP contribution >= 0.6 is 10.7 Å². The fraction of sp³-hybridized carbons (Fsp3) is 0.250. The summed E-state index contributed by atoms with van der Waals surface area (Å²) < 4.78 is 91.3. The molecule has 0 atom stereocenters. The molecule has 0 amide bonds. The molecular formula is C16H25ClN4O10S4. The van der Waals surface area contributed by atoms with E-state index >= 15 is 0 Å². The number of hydrogen-bond acceptors (Lipinski definition) is 11. The van der Waals surface area contributed by atoms with Crippen molar-refractivity contribution in [3.63, 3.8) is 0 Å². The van der Waals surface area contributed by atoms with Crippen LogP contribution in [0.15, 0.2) is 56.0 Å². The second kappa shape index (κ2) is 13.0. The molecule has 9 N–H and O–H groups in total. The molecule has 0 fully saturated rings. The number of nitrogens with one attached hydrogen (secondary N) is 1. The zero-order valence-corrected chi connectivity index (χ0v) is 22.3. The van der Waals surface area contributed by atoms with Crippen LogP contribution in [0.5, 0.6) is 0 Å². The van der Waals surface area contributed by atoms with E-state index in [0.29, 0.717) is 0 Å². The van der Waals surface area contributed by atoms with Crippen LogP contribution in [0.4, 0.5) is 0 Å². The Kier molecular flexibility index (Phi) is 12.4. The van der Waals surface area contributed by atoms with E-state index in [1.165, 1.54) is 14.1 Å². The summed E-state index contributed by atoms with van der Waals surface area (Å²) in [5, 5.41) is 27.7. The van der Waals surface area contributed by atoms with Gasteiger partial charge in [-0.3, -0.25) is 0 Å². The smallest absolute Gasteiger partial charge is 0.261 e. The van der Waals surface area contributed by atoms with Crippen LogP contribution in [0.1, 0.15) is 11.1 Å². The molecule has 2 aromatic rings. The van der Waals surface area contributed by atoms with Crippen LogP contribution in [0, 0.1) is 0 Å². The summed E-state index contributed by atoms with van der Waals surface area (Å²) in [7, 11) is -7.86. The topological polar surface area (TPSA) is 267 Å². The molecule has 19 heteroatoms. The van der Waals surface area contributed by atoms with Crippen molar-refractivity contribution >= 4 is 49.8 Å². The van der Waals surface area contributed by atoms with E-state index in [9.17, 15) is 33.7 Å². The summed E-state index contributed by atoms with van der Waals surface area (Å²) in [6, 6.07) is 6.12. The van der Waals surface area contributed by atoms with Gasteiger partial charge in [0.25, 0.3) is 9.05 Å². The Morgan fingerprint density at radius 3 is 1.37 bits per heavy atom. The van der Waals surface area contributed by atoms with Crippen LogP contribution in [0.2, 0.25) is 0 Å². The van der Waals surface area contributed by atoms with E-state index in [-0.39, 0.29) is 30.7 Å². The molecule has 14 nitrogen and oxygen atoms in total. The predicted octanol–water partition coefficient (Wildman–Crippen LogP) is -1.94. The summed E-state index contributed by atoms with van der Waals surface area (Å²) >= 11 is 0. The average molecular weight is 597 g/mol. The summed E-state index contributed by atoms with van der Waals surface area (Å²) in [6.45, 7) is -1.27. The van der Waals surface area contributed by atoms with Gasteiger partial charge in [-0.05, 0) is 61.6 Å². The zero-order valence-electron chi connectivity index (χ0n) is 18.3. The van der Waals surface area contributed by atoms with Crippen molar-refractivity contribution in [2.75, 3.05) is 14.1 Å². The third kappa shape index (κ3) is 9.69. The van der Waals surface area contributed by atoms with Crippen molar-refractivity contribution in [2.24, 2.45) is 16.0 Å². The molecular weight excluding hydrogens is 572 g/mol. The van der Waals surface area contributed by atoms with Gasteiger partial charge in [-0.25, -0.2) is 48.7 Å². The molecule has 0 aromatic heterocycles. The van der Waals surface area contributed by atoms with Gasteiger partial charge in [-0.1, -0.05) is 0 Å². The normalized spacial score (nSPS) is 12.1. The number of nitrogens with two attached hydrogens (primary N) is 3. The molecule has 0 heterocycles. The van der Waals surface area contributed by atoms with Gasteiger partial charge in [0.05, 0.1) is 32.8 Å². The van der Waals surface area contributed by atoms with Crippen LogP contribution < -0.4 is 20.7 Å². The van der Waals surface area contributed by atoms with E-state index in [1.807, 2.05) is 0 Å². The van der Waals surface area contributed by atoms with Crippen molar-refractivity contribution in [1.29, 1.82) is 0 Å². The maximum atomic E-state index is 11.5. The second-order valence-corrected chi connectivity index (χ2v) is 13.6. The lowest BCUT2D eigenvalue weighted by Crippen LogP contribution is -2.21. The molecule has 0 radical (unpaired) electrons. The highest BCUT2D eigenvalue weighted by molar-refractivity contribution is 8.13. The average Bonchev–Trinajstić information content (AvgIpc) is 2.78. The first kappa shape index (κ1) is 33.3. The van der Waals surface area contributed by atoms with Gasteiger partial charge < -0.3 is 15.9 Å². The molecule has 0 aliphatic heterocycles. The van der Waals surface area contributed by atoms with Crippen LogP contribution in [-0.4, -0.2) is 58.0 Å². The minimum absolute atomic E-state index is 0.0362. The van der Waals surface area contributed by atoms with Crippen molar-refractivity contribution < 1.29 is 43.9 Å². The third-order valence-corrected chi connectivity index (χ3v) is 8.64. The lowest BCUT2D eigenvalue weighted by molar-refractivity contribution is 0.278. The van der Waals surface area contributed by atoms with Crippen LogP contribution in [-0.2, 0) is 52.3 Å². The van der Waals surface area contributed by atoms with Crippen molar-refractivity contribution in [2.45, 2.75) is 32.8 Å². The molecule has 0 saturated carbocycles. The Bertz CT molecular complexity index is 1460. The molecule has 0 aliphatic carbocycles. The van der Waals surface area contributed by atoms with Gasteiger partial charge >= 0.3 is 0 Å². The number of sulfonamides is 3. The van der Waals surface area contributed by atoms with E-state index in [2.05, 4.69) is 10.5 Å². The zero-order chi connectivity index (χ0) is 27.8. The lowest BCUT2D eigenvalue weighted by atomic mass is 10.2. The van der Waals surface area contributed by atoms with Gasteiger partial charge in [0.2, 0.25) is 30.1 Å². The van der Waals surface area contributed by atoms with E-state index in [1.54, 1.807) is 0 Å².